The number of nitrogens with one attached hydrogen (secondary N) is 1. The first-order valence-electron chi connectivity index (χ1n) is 6.45. The molecule has 1 heterocycles. The zero-order valence-electron chi connectivity index (χ0n) is 12.0. The second-order valence-corrected chi connectivity index (χ2v) is 6.45. The van der Waals surface area contributed by atoms with Crippen LogP contribution in [0.2, 0.25) is 0 Å². The predicted molar refractivity (Wildman–Crippen MR) is 79.2 cm³/mol. The maximum Gasteiger partial charge on any atom is 0.416 e. The van der Waals surface area contributed by atoms with Crippen molar-refractivity contribution >= 4 is 27.6 Å². The third kappa shape index (κ3) is 3.49. The van der Waals surface area contributed by atoms with Crippen LogP contribution in [-0.4, -0.2) is 33.2 Å². The van der Waals surface area contributed by atoms with E-state index in [0.717, 1.165) is 12.1 Å². The summed E-state index contributed by atoms with van der Waals surface area (Å²) in [5.41, 5.74) is 0.0485. The van der Waals surface area contributed by atoms with Crippen LogP contribution in [0.1, 0.15) is 16.1 Å². The Morgan fingerprint density at radius 2 is 2.00 bits per heavy atom. The van der Waals surface area contributed by atoms with Crippen molar-refractivity contribution in [3.63, 3.8) is 0 Å². The summed E-state index contributed by atoms with van der Waals surface area (Å²) < 4.78 is 50.6. The normalized spacial score (nSPS) is 13.3. The largest absolute Gasteiger partial charge is 0.416 e. The highest BCUT2D eigenvalue weighted by atomic mass is 32.2. The highest BCUT2D eigenvalue weighted by Gasteiger charge is 2.30. The van der Waals surface area contributed by atoms with Crippen LogP contribution in [0.4, 0.5) is 13.2 Å². The van der Waals surface area contributed by atoms with Crippen LogP contribution in [0.25, 0.3) is 10.9 Å². The van der Waals surface area contributed by atoms with Crippen molar-refractivity contribution in [2.75, 3.05) is 18.6 Å². The Hall–Kier alpha value is -1.83. The lowest BCUT2D eigenvalue weighted by atomic mass is 10.1. The molecule has 0 aliphatic rings. The molecule has 0 saturated carbocycles. The van der Waals surface area contributed by atoms with E-state index in [-0.39, 0.29) is 12.2 Å². The molecule has 8 heteroatoms. The van der Waals surface area contributed by atoms with E-state index in [1.807, 2.05) is 0 Å². The minimum Gasteiger partial charge on any atom is -0.350 e. The van der Waals surface area contributed by atoms with Gasteiger partial charge in [-0.05, 0) is 24.3 Å². The number of benzene rings is 1. The second kappa shape index (κ2) is 6.12. The summed E-state index contributed by atoms with van der Waals surface area (Å²) in [6, 6.07) is 4.77. The van der Waals surface area contributed by atoms with Crippen LogP contribution >= 0.6 is 0 Å². The molecule has 4 nitrogen and oxygen atoms in total. The molecule has 1 N–H and O–H groups in total. The van der Waals surface area contributed by atoms with Gasteiger partial charge in [-0.1, -0.05) is 0 Å². The quantitative estimate of drug-likeness (QED) is 0.934. The number of halogens is 3. The second-order valence-electron chi connectivity index (χ2n) is 4.89. The molecule has 0 aliphatic heterocycles. The number of fused-ring (bicyclic) bond motifs is 1. The van der Waals surface area contributed by atoms with E-state index in [1.165, 1.54) is 23.0 Å². The number of carbonyl (C=O) groups is 1. The van der Waals surface area contributed by atoms with E-state index in [9.17, 15) is 22.2 Å². The van der Waals surface area contributed by atoms with Crippen molar-refractivity contribution in [3.8, 4) is 0 Å². The van der Waals surface area contributed by atoms with Crippen LogP contribution < -0.4 is 5.32 Å². The lowest BCUT2D eigenvalue weighted by Gasteiger charge is -2.07. The van der Waals surface area contributed by atoms with Gasteiger partial charge >= 0.3 is 6.18 Å². The molecule has 1 aromatic carbocycles. The molecule has 0 radical (unpaired) electrons. The van der Waals surface area contributed by atoms with Crippen LogP contribution in [-0.2, 0) is 24.0 Å². The number of rotatable bonds is 4. The average molecular weight is 332 g/mol. The van der Waals surface area contributed by atoms with Gasteiger partial charge in [-0.3, -0.25) is 9.00 Å². The first kappa shape index (κ1) is 16.5. The third-order valence-electron chi connectivity index (χ3n) is 3.28. The van der Waals surface area contributed by atoms with Crippen molar-refractivity contribution in [3.05, 3.63) is 35.5 Å². The van der Waals surface area contributed by atoms with Crippen LogP contribution in [0.5, 0.6) is 0 Å². The summed E-state index contributed by atoms with van der Waals surface area (Å²) in [6.07, 6.45) is -2.89. The Morgan fingerprint density at radius 1 is 1.32 bits per heavy atom. The van der Waals surface area contributed by atoms with Gasteiger partial charge < -0.3 is 9.88 Å². The van der Waals surface area contributed by atoms with Crippen LogP contribution in [0.3, 0.4) is 0 Å². The number of alkyl halides is 3. The zero-order valence-corrected chi connectivity index (χ0v) is 12.8. The number of aromatic nitrogens is 1. The Kier molecular flexibility index (Phi) is 4.60. The van der Waals surface area contributed by atoms with E-state index < -0.39 is 28.4 Å². The summed E-state index contributed by atoms with van der Waals surface area (Å²) in [7, 11) is 0.595. The van der Waals surface area contributed by atoms with E-state index in [4.69, 9.17) is 0 Å². The Labute approximate surface area is 127 Å². The first-order valence-corrected chi connectivity index (χ1v) is 8.18. The van der Waals surface area contributed by atoms with Gasteiger partial charge in [-0.2, -0.15) is 13.2 Å². The maximum absolute atomic E-state index is 12.7. The molecular formula is C14H15F3N2O2S. The molecule has 120 valence electrons. The van der Waals surface area contributed by atoms with Crippen molar-refractivity contribution < 1.29 is 22.2 Å². The minimum absolute atomic E-state index is 0.247. The first-order chi connectivity index (χ1) is 10.2. The molecule has 1 unspecified atom stereocenters. The summed E-state index contributed by atoms with van der Waals surface area (Å²) in [5.74, 6) is -0.0776. The van der Waals surface area contributed by atoms with Crippen LogP contribution in [0, 0.1) is 0 Å². The van der Waals surface area contributed by atoms with Gasteiger partial charge in [0.2, 0.25) is 0 Å². The van der Waals surface area contributed by atoms with E-state index in [2.05, 4.69) is 5.32 Å². The molecule has 1 atom stereocenters. The number of amides is 1. The van der Waals surface area contributed by atoms with Crippen molar-refractivity contribution in [1.82, 2.24) is 9.88 Å². The number of hydrogen-bond donors (Lipinski definition) is 1. The maximum atomic E-state index is 12.7. The summed E-state index contributed by atoms with van der Waals surface area (Å²) >= 11 is 0. The predicted octanol–water partition coefficient (Wildman–Crippen LogP) is 2.31. The van der Waals surface area contributed by atoms with Crippen molar-refractivity contribution in [2.24, 2.45) is 7.05 Å². The van der Waals surface area contributed by atoms with Gasteiger partial charge in [-0.15, -0.1) is 0 Å². The molecule has 0 fully saturated rings. The summed E-state index contributed by atoms with van der Waals surface area (Å²) in [6.45, 7) is 0.247. The van der Waals surface area contributed by atoms with Gasteiger partial charge in [0.25, 0.3) is 5.91 Å². The fraction of sp³-hybridized carbons (Fsp3) is 0.357. The monoisotopic (exact) mass is 332 g/mol. The smallest absolute Gasteiger partial charge is 0.350 e. The van der Waals surface area contributed by atoms with Crippen molar-refractivity contribution in [2.45, 2.75) is 6.18 Å². The molecule has 1 aromatic heterocycles. The standard InChI is InChI=1S/C14H15F3N2O2S/c1-19-11-4-3-10(14(15,16)17)7-9(11)8-12(19)13(20)18-5-6-22(2)21/h3-4,7-8H,5-6H2,1-2H3,(H,18,20). The summed E-state index contributed by atoms with van der Waals surface area (Å²) in [5, 5.41) is 2.95. The lowest BCUT2D eigenvalue weighted by Crippen LogP contribution is -2.28. The molecule has 2 aromatic rings. The molecule has 2 rings (SSSR count). The average Bonchev–Trinajstić information content (AvgIpc) is 2.74. The van der Waals surface area contributed by atoms with E-state index in [0.29, 0.717) is 16.7 Å². The highest BCUT2D eigenvalue weighted by molar-refractivity contribution is 7.84. The molecular weight excluding hydrogens is 317 g/mol. The van der Waals surface area contributed by atoms with Crippen LogP contribution in [0.15, 0.2) is 24.3 Å². The van der Waals surface area contributed by atoms with Gasteiger partial charge in [0.15, 0.2) is 0 Å². The molecule has 0 spiro atoms. The fourth-order valence-corrected chi connectivity index (χ4v) is 2.53. The molecule has 22 heavy (non-hydrogen) atoms. The Morgan fingerprint density at radius 3 is 2.59 bits per heavy atom. The molecule has 0 bridgehead atoms. The van der Waals surface area contributed by atoms with Gasteiger partial charge in [0.1, 0.15) is 5.69 Å². The van der Waals surface area contributed by atoms with Gasteiger partial charge in [0.05, 0.1) is 5.56 Å². The van der Waals surface area contributed by atoms with Gasteiger partial charge in [0, 0.05) is 47.3 Å². The number of nitrogens with zero attached hydrogens (tertiary/aromatic N) is 1. The molecule has 0 aliphatic carbocycles. The minimum atomic E-state index is -4.42. The van der Waals surface area contributed by atoms with E-state index in [1.54, 1.807) is 7.05 Å². The highest BCUT2D eigenvalue weighted by Crippen LogP contribution is 2.32. The number of carbonyl (C=O) groups excluding carboxylic acids is 1. The fourth-order valence-electron chi connectivity index (χ4n) is 2.14. The van der Waals surface area contributed by atoms with Gasteiger partial charge in [-0.25, -0.2) is 0 Å². The Bertz CT molecular complexity index is 737. The number of hydrogen-bond acceptors (Lipinski definition) is 2. The summed E-state index contributed by atoms with van der Waals surface area (Å²) in [4.78, 5) is 12.0. The van der Waals surface area contributed by atoms with E-state index >= 15 is 0 Å². The zero-order chi connectivity index (χ0) is 16.5. The molecule has 1 amide bonds. The third-order valence-corrected chi connectivity index (χ3v) is 4.06. The number of aryl methyl sites for hydroxylation is 1. The topological polar surface area (TPSA) is 51.1 Å². The SMILES string of the molecule is Cn1c(C(=O)NCCS(C)=O)cc2cc(C(F)(F)F)ccc21. The lowest BCUT2D eigenvalue weighted by molar-refractivity contribution is -0.137. The Balaban J connectivity index is 2.30. The van der Waals surface area contributed by atoms with Crippen molar-refractivity contribution in [1.29, 1.82) is 0 Å². The molecule has 0 saturated heterocycles.